The molecular weight excluding hydrogens is 248 g/mol. The van der Waals surface area contributed by atoms with E-state index in [-0.39, 0.29) is 0 Å². The molecule has 3 heterocycles. The highest BCUT2D eigenvalue weighted by Gasteiger charge is 2.12. The SMILES string of the molecule is Clc1cccn2nc(CCN3CCCCC3)nc12. The number of pyridine rings is 1. The lowest BCUT2D eigenvalue weighted by atomic mass is 10.1. The standard InChI is InChI=1S/C13H17ClN4/c14-11-5-4-9-18-13(11)15-12(16-18)6-10-17-7-2-1-3-8-17/h4-5,9H,1-3,6-8,10H2. The van der Waals surface area contributed by atoms with Crippen LogP contribution in [0, 0.1) is 0 Å². The summed E-state index contributed by atoms with van der Waals surface area (Å²) in [5, 5.41) is 5.11. The molecule has 1 fully saturated rings. The molecule has 0 aliphatic carbocycles. The van der Waals surface area contributed by atoms with Gasteiger partial charge >= 0.3 is 0 Å². The van der Waals surface area contributed by atoms with Crippen molar-refractivity contribution in [2.24, 2.45) is 0 Å². The molecule has 0 saturated carbocycles. The predicted molar refractivity (Wildman–Crippen MR) is 72.0 cm³/mol. The number of piperidine rings is 1. The second-order valence-corrected chi connectivity index (χ2v) is 5.21. The predicted octanol–water partition coefficient (Wildman–Crippen LogP) is 2.41. The number of nitrogens with zero attached hydrogens (tertiary/aromatic N) is 4. The van der Waals surface area contributed by atoms with Crippen LogP contribution in [0.25, 0.3) is 5.65 Å². The topological polar surface area (TPSA) is 33.4 Å². The minimum atomic E-state index is 0.661. The van der Waals surface area contributed by atoms with Crippen molar-refractivity contribution in [2.75, 3.05) is 19.6 Å². The van der Waals surface area contributed by atoms with Gasteiger partial charge in [-0.25, -0.2) is 9.50 Å². The van der Waals surface area contributed by atoms with Crippen LogP contribution in [0.2, 0.25) is 5.02 Å². The highest BCUT2D eigenvalue weighted by molar-refractivity contribution is 6.33. The molecule has 1 saturated heterocycles. The quantitative estimate of drug-likeness (QED) is 0.854. The average Bonchev–Trinajstić information content (AvgIpc) is 2.82. The molecule has 4 nitrogen and oxygen atoms in total. The van der Waals surface area contributed by atoms with Crippen molar-refractivity contribution in [3.05, 3.63) is 29.2 Å². The van der Waals surface area contributed by atoms with E-state index in [1.165, 1.54) is 32.4 Å². The van der Waals surface area contributed by atoms with Crippen LogP contribution in [0.4, 0.5) is 0 Å². The second kappa shape index (κ2) is 5.24. The van der Waals surface area contributed by atoms with Crippen LogP contribution in [0.3, 0.4) is 0 Å². The fraction of sp³-hybridized carbons (Fsp3) is 0.538. The summed E-state index contributed by atoms with van der Waals surface area (Å²) in [6, 6.07) is 3.73. The minimum Gasteiger partial charge on any atom is -0.303 e. The minimum absolute atomic E-state index is 0.661. The van der Waals surface area contributed by atoms with Crippen molar-refractivity contribution in [3.8, 4) is 0 Å². The Bertz CT molecular complexity index is 531. The summed E-state index contributed by atoms with van der Waals surface area (Å²) in [6.45, 7) is 3.48. The van der Waals surface area contributed by atoms with Gasteiger partial charge < -0.3 is 4.90 Å². The summed E-state index contributed by atoms with van der Waals surface area (Å²) in [4.78, 5) is 6.99. The van der Waals surface area contributed by atoms with Crippen LogP contribution in [0.15, 0.2) is 18.3 Å². The summed E-state index contributed by atoms with van der Waals surface area (Å²) in [5.41, 5.74) is 0.757. The zero-order valence-corrected chi connectivity index (χ0v) is 11.1. The lowest BCUT2D eigenvalue weighted by Gasteiger charge is -2.25. The average molecular weight is 265 g/mol. The molecule has 2 aromatic heterocycles. The van der Waals surface area contributed by atoms with E-state index < -0.39 is 0 Å². The molecule has 0 spiro atoms. The van der Waals surface area contributed by atoms with Gasteiger partial charge in [-0.2, -0.15) is 5.10 Å². The number of hydrogen-bond acceptors (Lipinski definition) is 3. The van der Waals surface area contributed by atoms with E-state index >= 15 is 0 Å². The fourth-order valence-electron chi connectivity index (χ4n) is 2.46. The third kappa shape index (κ3) is 2.49. The van der Waals surface area contributed by atoms with Crippen LogP contribution in [0.1, 0.15) is 25.1 Å². The molecule has 0 aromatic carbocycles. The first kappa shape index (κ1) is 11.9. The summed E-state index contributed by atoms with van der Waals surface area (Å²) in [6.07, 6.45) is 6.81. The Kier molecular flexibility index (Phi) is 3.48. The Hall–Kier alpha value is -1.13. The number of fused-ring (bicyclic) bond motifs is 1. The van der Waals surface area contributed by atoms with Crippen molar-refractivity contribution in [1.82, 2.24) is 19.5 Å². The zero-order chi connectivity index (χ0) is 12.4. The van der Waals surface area contributed by atoms with Crippen molar-refractivity contribution in [2.45, 2.75) is 25.7 Å². The Morgan fingerprint density at radius 2 is 2.06 bits per heavy atom. The summed E-state index contributed by atoms with van der Waals surface area (Å²) in [7, 11) is 0. The lowest BCUT2D eigenvalue weighted by molar-refractivity contribution is 0.230. The zero-order valence-electron chi connectivity index (χ0n) is 10.3. The molecule has 5 heteroatoms. The monoisotopic (exact) mass is 264 g/mol. The molecule has 0 unspecified atom stereocenters. The molecule has 0 bridgehead atoms. The van der Waals surface area contributed by atoms with Crippen LogP contribution in [-0.4, -0.2) is 39.1 Å². The molecule has 3 rings (SSSR count). The van der Waals surface area contributed by atoms with Crippen molar-refractivity contribution in [3.63, 3.8) is 0 Å². The van der Waals surface area contributed by atoms with Gasteiger partial charge in [0.15, 0.2) is 11.5 Å². The van der Waals surface area contributed by atoms with Gasteiger partial charge in [0.1, 0.15) is 0 Å². The van der Waals surface area contributed by atoms with Crippen molar-refractivity contribution in [1.29, 1.82) is 0 Å². The highest BCUT2D eigenvalue weighted by atomic mass is 35.5. The van der Waals surface area contributed by atoms with E-state index in [1.807, 2.05) is 18.3 Å². The lowest BCUT2D eigenvalue weighted by Crippen LogP contribution is -2.31. The Labute approximate surface area is 112 Å². The number of rotatable bonds is 3. The Morgan fingerprint density at radius 3 is 2.83 bits per heavy atom. The summed E-state index contributed by atoms with van der Waals surface area (Å²) in [5.74, 6) is 0.883. The summed E-state index contributed by atoms with van der Waals surface area (Å²) < 4.78 is 1.76. The number of likely N-dealkylation sites (tertiary alicyclic amines) is 1. The molecule has 1 aliphatic heterocycles. The van der Waals surface area contributed by atoms with E-state index in [2.05, 4.69) is 15.0 Å². The molecule has 2 aromatic rings. The smallest absolute Gasteiger partial charge is 0.174 e. The number of halogens is 1. The highest BCUT2D eigenvalue weighted by Crippen LogP contribution is 2.15. The third-order valence-electron chi connectivity index (χ3n) is 3.46. The van der Waals surface area contributed by atoms with Gasteiger partial charge in [0, 0.05) is 19.2 Å². The maximum absolute atomic E-state index is 6.09. The first-order chi connectivity index (χ1) is 8.83. The molecule has 1 aliphatic rings. The van der Waals surface area contributed by atoms with E-state index in [9.17, 15) is 0 Å². The van der Waals surface area contributed by atoms with Crippen LogP contribution < -0.4 is 0 Å². The van der Waals surface area contributed by atoms with Crippen LogP contribution >= 0.6 is 11.6 Å². The molecule has 0 amide bonds. The van der Waals surface area contributed by atoms with Gasteiger partial charge in [-0.15, -0.1) is 0 Å². The van der Waals surface area contributed by atoms with Crippen molar-refractivity contribution >= 4 is 17.2 Å². The maximum atomic E-state index is 6.09. The van der Waals surface area contributed by atoms with E-state index in [0.717, 1.165) is 24.4 Å². The normalized spacial score (nSPS) is 17.4. The first-order valence-corrected chi connectivity index (χ1v) is 6.93. The molecule has 96 valence electrons. The largest absolute Gasteiger partial charge is 0.303 e. The molecule has 0 radical (unpaired) electrons. The van der Waals surface area contributed by atoms with Gasteiger partial charge in [-0.3, -0.25) is 0 Å². The molecule has 0 N–H and O–H groups in total. The first-order valence-electron chi connectivity index (χ1n) is 6.55. The number of hydrogen-bond donors (Lipinski definition) is 0. The molecule has 0 atom stereocenters. The van der Waals surface area contributed by atoms with Crippen LogP contribution in [0.5, 0.6) is 0 Å². The van der Waals surface area contributed by atoms with Gasteiger partial charge in [0.05, 0.1) is 5.02 Å². The molecule has 18 heavy (non-hydrogen) atoms. The maximum Gasteiger partial charge on any atom is 0.174 e. The second-order valence-electron chi connectivity index (χ2n) is 4.80. The van der Waals surface area contributed by atoms with Crippen molar-refractivity contribution < 1.29 is 0 Å². The fourth-order valence-corrected chi connectivity index (χ4v) is 2.67. The van der Waals surface area contributed by atoms with Crippen LogP contribution in [-0.2, 0) is 6.42 Å². The van der Waals surface area contributed by atoms with Gasteiger partial charge in [-0.05, 0) is 38.1 Å². The van der Waals surface area contributed by atoms with Gasteiger partial charge in [0.2, 0.25) is 0 Å². The number of aromatic nitrogens is 3. The summed E-state index contributed by atoms with van der Waals surface area (Å²) >= 11 is 6.09. The van der Waals surface area contributed by atoms with E-state index in [4.69, 9.17) is 11.6 Å². The van der Waals surface area contributed by atoms with E-state index in [0.29, 0.717) is 5.02 Å². The van der Waals surface area contributed by atoms with Gasteiger partial charge in [-0.1, -0.05) is 18.0 Å². The van der Waals surface area contributed by atoms with E-state index in [1.54, 1.807) is 4.52 Å². The third-order valence-corrected chi connectivity index (χ3v) is 3.75. The Morgan fingerprint density at radius 1 is 1.22 bits per heavy atom. The molecular formula is C13H17ClN4. The van der Waals surface area contributed by atoms with Gasteiger partial charge in [0.25, 0.3) is 0 Å². The Balaban J connectivity index is 1.69.